The molecule has 1 amide bonds. The number of pyridine rings is 1. The first-order valence-electron chi connectivity index (χ1n) is 6.92. The summed E-state index contributed by atoms with van der Waals surface area (Å²) in [6.07, 6.45) is 2.54. The Kier molecular flexibility index (Phi) is 3.97. The number of aromatic nitrogens is 4. The van der Waals surface area contributed by atoms with E-state index in [-0.39, 0.29) is 5.91 Å². The summed E-state index contributed by atoms with van der Waals surface area (Å²) in [5.74, 6) is -0.258. The average Bonchev–Trinajstić information content (AvgIpc) is 3.15. The number of aromatic amines is 1. The van der Waals surface area contributed by atoms with Crippen molar-refractivity contribution in [2.24, 2.45) is 0 Å². The Morgan fingerprint density at radius 1 is 1.36 bits per heavy atom. The standard InChI is InChI=1S/C15H15N5OS/c1-3-10-9(2)22-15(17-10)18-14(21)13-8-12(19-20-13)11-6-4-5-7-16-11/h4-8H,3H2,1-2H3,(H,19,20)(H,17,18,21). The molecule has 0 bridgehead atoms. The molecule has 3 aromatic rings. The quantitative estimate of drug-likeness (QED) is 0.775. The van der Waals surface area contributed by atoms with Crippen LogP contribution in [0.15, 0.2) is 30.5 Å². The highest BCUT2D eigenvalue weighted by Crippen LogP contribution is 2.23. The first kappa shape index (κ1) is 14.4. The molecular formula is C15H15N5OS. The van der Waals surface area contributed by atoms with Crippen LogP contribution >= 0.6 is 11.3 Å². The fourth-order valence-electron chi connectivity index (χ4n) is 2.06. The molecule has 6 nitrogen and oxygen atoms in total. The molecule has 0 unspecified atom stereocenters. The average molecular weight is 313 g/mol. The number of H-pyrrole nitrogens is 1. The maximum absolute atomic E-state index is 12.2. The summed E-state index contributed by atoms with van der Waals surface area (Å²) in [5.41, 5.74) is 2.75. The lowest BCUT2D eigenvalue weighted by molar-refractivity contribution is 0.102. The predicted octanol–water partition coefficient (Wildman–Crippen LogP) is 3.05. The number of amides is 1. The Morgan fingerprint density at radius 2 is 2.23 bits per heavy atom. The molecule has 0 aromatic carbocycles. The zero-order valence-electron chi connectivity index (χ0n) is 12.3. The molecule has 22 heavy (non-hydrogen) atoms. The second kappa shape index (κ2) is 6.07. The van der Waals surface area contributed by atoms with Gasteiger partial charge in [0, 0.05) is 11.1 Å². The molecule has 3 aromatic heterocycles. The van der Waals surface area contributed by atoms with Crippen LogP contribution in [0.25, 0.3) is 11.4 Å². The fraction of sp³-hybridized carbons (Fsp3) is 0.200. The van der Waals surface area contributed by atoms with E-state index in [1.807, 2.05) is 32.0 Å². The molecular weight excluding hydrogens is 298 g/mol. The minimum Gasteiger partial charge on any atom is -0.296 e. The molecule has 2 N–H and O–H groups in total. The van der Waals surface area contributed by atoms with Crippen LogP contribution in [0.2, 0.25) is 0 Å². The summed E-state index contributed by atoms with van der Waals surface area (Å²) in [7, 11) is 0. The van der Waals surface area contributed by atoms with E-state index in [0.29, 0.717) is 16.5 Å². The number of thiazole rings is 1. The van der Waals surface area contributed by atoms with Crippen molar-refractivity contribution in [2.45, 2.75) is 20.3 Å². The van der Waals surface area contributed by atoms with Gasteiger partial charge in [0.05, 0.1) is 11.4 Å². The van der Waals surface area contributed by atoms with E-state index in [9.17, 15) is 4.79 Å². The Bertz CT molecular complexity index is 793. The van der Waals surface area contributed by atoms with Crippen LogP contribution in [-0.4, -0.2) is 26.1 Å². The highest BCUT2D eigenvalue weighted by atomic mass is 32.1. The molecule has 0 fully saturated rings. The first-order chi connectivity index (χ1) is 10.7. The zero-order chi connectivity index (χ0) is 15.5. The molecule has 0 radical (unpaired) electrons. The Morgan fingerprint density at radius 3 is 2.91 bits per heavy atom. The van der Waals surface area contributed by atoms with E-state index in [4.69, 9.17) is 0 Å². The summed E-state index contributed by atoms with van der Waals surface area (Å²) in [5, 5.41) is 10.3. The van der Waals surface area contributed by atoms with Crippen LogP contribution < -0.4 is 5.32 Å². The molecule has 0 aliphatic rings. The van der Waals surface area contributed by atoms with Crippen LogP contribution in [0.5, 0.6) is 0 Å². The normalized spacial score (nSPS) is 10.6. The van der Waals surface area contributed by atoms with Crippen molar-refractivity contribution in [3.8, 4) is 11.4 Å². The van der Waals surface area contributed by atoms with Crippen LogP contribution in [0.4, 0.5) is 5.13 Å². The number of rotatable bonds is 4. The predicted molar refractivity (Wildman–Crippen MR) is 86.0 cm³/mol. The van der Waals surface area contributed by atoms with Gasteiger partial charge < -0.3 is 0 Å². The van der Waals surface area contributed by atoms with Crippen molar-refractivity contribution in [3.05, 3.63) is 46.7 Å². The number of aryl methyl sites for hydroxylation is 2. The van der Waals surface area contributed by atoms with E-state index in [2.05, 4.69) is 25.5 Å². The minimum absolute atomic E-state index is 0.258. The number of nitrogens with one attached hydrogen (secondary N) is 2. The summed E-state index contributed by atoms with van der Waals surface area (Å²) in [6.45, 7) is 4.04. The molecule has 7 heteroatoms. The second-order valence-corrected chi connectivity index (χ2v) is 5.91. The Labute approximate surface area is 131 Å². The van der Waals surface area contributed by atoms with Gasteiger partial charge in [0.1, 0.15) is 11.4 Å². The third-order valence-electron chi connectivity index (χ3n) is 3.20. The van der Waals surface area contributed by atoms with E-state index >= 15 is 0 Å². The van der Waals surface area contributed by atoms with Gasteiger partial charge in [-0.3, -0.25) is 20.2 Å². The Balaban J connectivity index is 1.77. The molecule has 3 heterocycles. The van der Waals surface area contributed by atoms with Gasteiger partial charge in [0.2, 0.25) is 0 Å². The van der Waals surface area contributed by atoms with Crippen LogP contribution in [-0.2, 0) is 6.42 Å². The lowest BCUT2D eigenvalue weighted by Crippen LogP contribution is -2.12. The van der Waals surface area contributed by atoms with Gasteiger partial charge in [-0.15, -0.1) is 11.3 Å². The van der Waals surface area contributed by atoms with Crippen molar-refractivity contribution < 1.29 is 4.79 Å². The van der Waals surface area contributed by atoms with E-state index in [1.54, 1.807) is 12.3 Å². The highest BCUT2D eigenvalue weighted by Gasteiger charge is 2.14. The molecule has 3 rings (SSSR count). The van der Waals surface area contributed by atoms with Crippen LogP contribution in [0.3, 0.4) is 0 Å². The van der Waals surface area contributed by atoms with Gasteiger partial charge in [0.25, 0.3) is 5.91 Å². The second-order valence-electron chi connectivity index (χ2n) is 4.71. The number of carbonyl (C=O) groups is 1. The molecule has 0 aliphatic carbocycles. The summed E-state index contributed by atoms with van der Waals surface area (Å²) >= 11 is 1.48. The van der Waals surface area contributed by atoms with Crippen molar-refractivity contribution >= 4 is 22.4 Å². The maximum atomic E-state index is 12.2. The van der Waals surface area contributed by atoms with Gasteiger partial charge in [-0.05, 0) is 31.5 Å². The highest BCUT2D eigenvalue weighted by molar-refractivity contribution is 7.15. The number of anilines is 1. The molecule has 0 aliphatic heterocycles. The SMILES string of the molecule is CCc1nc(NC(=O)c2cc(-c3ccccn3)n[nH]2)sc1C. The van der Waals surface area contributed by atoms with Crippen molar-refractivity contribution in [3.63, 3.8) is 0 Å². The third-order valence-corrected chi connectivity index (χ3v) is 4.13. The Hall–Kier alpha value is -2.54. The number of nitrogens with zero attached hydrogens (tertiary/aromatic N) is 3. The smallest absolute Gasteiger partial charge is 0.275 e. The van der Waals surface area contributed by atoms with Crippen molar-refractivity contribution in [1.82, 2.24) is 20.2 Å². The van der Waals surface area contributed by atoms with Gasteiger partial charge in [-0.2, -0.15) is 5.10 Å². The maximum Gasteiger partial charge on any atom is 0.275 e. The van der Waals surface area contributed by atoms with Crippen LogP contribution in [0, 0.1) is 6.92 Å². The summed E-state index contributed by atoms with van der Waals surface area (Å²) < 4.78 is 0. The summed E-state index contributed by atoms with van der Waals surface area (Å²) in [6, 6.07) is 7.23. The van der Waals surface area contributed by atoms with E-state index < -0.39 is 0 Å². The zero-order valence-corrected chi connectivity index (χ0v) is 13.1. The largest absolute Gasteiger partial charge is 0.296 e. The van der Waals surface area contributed by atoms with Gasteiger partial charge in [0.15, 0.2) is 5.13 Å². The van der Waals surface area contributed by atoms with Crippen LogP contribution in [0.1, 0.15) is 28.0 Å². The molecule has 112 valence electrons. The van der Waals surface area contributed by atoms with Gasteiger partial charge in [-0.1, -0.05) is 13.0 Å². The molecule has 0 spiro atoms. The molecule has 0 atom stereocenters. The van der Waals surface area contributed by atoms with Crippen molar-refractivity contribution in [1.29, 1.82) is 0 Å². The molecule has 0 saturated heterocycles. The number of hydrogen-bond donors (Lipinski definition) is 2. The molecule has 0 saturated carbocycles. The minimum atomic E-state index is -0.258. The topological polar surface area (TPSA) is 83.6 Å². The van der Waals surface area contributed by atoms with E-state index in [0.717, 1.165) is 22.7 Å². The van der Waals surface area contributed by atoms with Gasteiger partial charge >= 0.3 is 0 Å². The van der Waals surface area contributed by atoms with E-state index in [1.165, 1.54) is 11.3 Å². The lowest BCUT2D eigenvalue weighted by Gasteiger charge is -1.97. The number of hydrogen-bond acceptors (Lipinski definition) is 5. The monoisotopic (exact) mass is 313 g/mol. The fourth-order valence-corrected chi connectivity index (χ4v) is 2.95. The van der Waals surface area contributed by atoms with Gasteiger partial charge in [-0.25, -0.2) is 4.98 Å². The number of carbonyl (C=O) groups excluding carboxylic acids is 1. The summed E-state index contributed by atoms with van der Waals surface area (Å²) in [4.78, 5) is 22.0. The lowest BCUT2D eigenvalue weighted by atomic mass is 10.2. The van der Waals surface area contributed by atoms with Crippen molar-refractivity contribution in [2.75, 3.05) is 5.32 Å². The first-order valence-corrected chi connectivity index (χ1v) is 7.73. The third kappa shape index (κ3) is 2.89.